The Kier molecular flexibility index (Phi) is 4.71. The number of carbonyl (C=O) groups excluding carboxylic acids is 1. The number of nitrogens with one attached hydrogen (secondary N) is 2. The van der Waals surface area contributed by atoms with Gasteiger partial charge >= 0.3 is 0 Å². The van der Waals surface area contributed by atoms with Gasteiger partial charge in [-0.3, -0.25) is 4.79 Å². The van der Waals surface area contributed by atoms with Crippen molar-refractivity contribution in [2.24, 2.45) is 0 Å². The standard InChI is InChI=1S/C15H15BrN2O/c1-17-10-11-3-2-4-14(9-11)18-15(19)12-5-7-13(16)8-6-12/h2-9,17H,10H2,1H3,(H,18,19). The number of hydrogen-bond acceptors (Lipinski definition) is 2. The molecule has 0 aliphatic heterocycles. The second kappa shape index (κ2) is 6.50. The van der Waals surface area contributed by atoms with Crippen LogP contribution in [0.2, 0.25) is 0 Å². The van der Waals surface area contributed by atoms with E-state index in [9.17, 15) is 4.79 Å². The summed E-state index contributed by atoms with van der Waals surface area (Å²) >= 11 is 3.35. The number of carbonyl (C=O) groups is 1. The lowest BCUT2D eigenvalue weighted by molar-refractivity contribution is 0.102. The number of amides is 1. The van der Waals surface area contributed by atoms with Gasteiger partial charge in [0.2, 0.25) is 0 Å². The largest absolute Gasteiger partial charge is 0.322 e. The minimum atomic E-state index is -0.103. The van der Waals surface area contributed by atoms with Crippen molar-refractivity contribution in [3.8, 4) is 0 Å². The lowest BCUT2D eigenvalue weighted by Crippen LogP contribution is -2.12. The summed E-state index contributed by atoms with van der Waals surface area (Å²) in [6.45, 7) is 0.780. The van der Waals surface area contributed by atoms with E-state index in [1.54, 1.807) is 12.1 Å². The SMILES string of the molecule is CNCc1cccc(NC(=O)c2ccc(Br)cc2)c1. The van der Waals surface area contributed by atoms with E-state index >= 15 is 0 Å². The number of benzene rings is 2. The van der Waals surface area contributed by atoms with Crippen molar-refractivity contribution < 1.29 is 4.79 Å². The van der Waals surface area contributed by atoms with E-state index in [2.05, 4.69) is 26.6 Å². The molecule has 0 radical (unpaired) electrons. The van der Waals surface area contributed by atoms with Gasteiger partial charge in [0.1, 0.15) is 0 Å². The molecule has 2 aromatic carbocycles. The van der Waals surface area contributed by atoms with Crippen molar-refractivity contribution >= 4 is 27.5 Å². The van der Waals surface area contributed by atoms with Gasteiger partial charge in [-0.1, -0.05) is 28.1 Å². The highest BCUT2D eigenvalue weighted by Crippen LogP contribution is 2.14. The van der Waals surface area contributed by atoms with E-state index in [4.69, 9.17) is 0 Å². The first kappa shape index (κ1) is 13.8. The maximum Gasteiger partial charge on any atom is 0.255 e. The minimum absolute atomic E-state index is 0.103. The zero-order valence-corrected chi connectivity index (χ0v) is 12.2. The molecule has 2 rings (SSSR count). The minimum Gasteiger partial charge on any atom is -0.322 e. The summed E-state index contributed by atoms with van der Waals surface area (Å²) in [5, 5.41) is 5.98. The Balaban J connectivity index is 2.10. The molecule has 19 heavy (non-hydrogen) atoms. The Morgan fingerprint density at radius 1 is 1.16 bits per heavy atom. The fourth-order valence-corrected chi connectivity index (χ4v) is 2.03. The Morgan fingerprint density at radius 3 is 2.58 bits per heavy atom. The van der Waals surface area contributed by atoms with E-state index in [1.807, 2.05) is 43.4 Å². The monoisotopic (exact) mass is 318 g/mol. The second-order valence-electron chi connectivity index (χ2n) is 4.19. The summed E-state index contributed by atoms with van der Waals surface area (Å²) in [7, 11) is 1.90. The average molecular weight is 319 g/mol. The molecule has 0 unspecified atom stereocenters. The Morgan fingerprint density at radius 2 is 1.89 bits per heavy atom. The van der Waals surface area contributed by atoms with Crippen LogP contribution in [0.25, 0.3) is 0 Å². The molecule has 0 aliphatic carbocycles. The zero-order valence-electron chi connectivity index (χ0n) is 10.6. The molecule has 0 aromatic heterocycles. The van der Waals surface area contributed by atoms with Crippen molar-refractivity contribution in [2.75, 3.05) is 12.4 Å². The van der Waals surface area contributed by atoms with Gasteiger partial charge in [-0.15, -0.1) is 0 Å². The quantitative estimate of drug-likeness (QED) is 0.907. The summed E-state index contributed by atoms with van der Waals surface area (Å²) in [5.74, 6) is -0.103. The lowest BCUT2D eigenvalue weighted by atomic mass is 10.1. The predicted octanol–water partition coefficient (Wildman–Crippen LogP) is 3.42. The summed E-state index contributed by atoms with van der Waals surface area (Å²) in [6.07, 6.45) is 0. The fourth-order valence-electron chi connectivity index (χ4n) is 1.77. The van der Waals surface area contributed by atoms with Crippen molar-refractivity contribution in [1.82, 2.24) is 5.32 Å². The van der Waals surface area contributed by atoms with Gasteiger partial charge in [0.15, 0.2) is 0 Å². The highest BCUT2D eigenvalue weighted by molar-refractivity contribution is 9.10. The maximum atomic E-state index is 12.1. The van der Waals surface area contributed by atoms with Gasteiger partial charge in [0.25, 0.3) is 5.91 Å². The zero-order chi connectivity index (χ0) is 13.7. The smallest absolute Gasteiger partial charge is 0.255 e. The first-order chi connectivity index (χ1) is 9.19. The molecule has 0 bridgehead atoms. The third kappa shape index (κ3) is 3.91. The van der Waals surface area contributed by atoms with Gasteiger partial charge in [0.05, 0.1) is 0 Å². The van der Waals surface area contributed by atoms with Crippen LogP contribution in [0.4, 0.5) is 5.69 Å². The van der Waals surface area contributed by atoms with Crippen LogP contribution in [0.1, 0.15) is 15.9 Å². The topological polar surface area (TPSA) is 41.1 Å². The number of anilines is 1. The Labute approximate surface area is 121 Å². The van der Waals surface area contributed by atoms with Crippen LogP contribution in [-0.2, 0) is 6.54 Å². The van der Waals surface area contributed by atoms with Crippen LogP contribution >= 0.6 is 15.9 Å². The van der Waals surface area contributed by atoms with Gasteiger partial charge in [-0.05, 0) is 49.0 Å². The van der Waals surface area contributed by atoms with Crippen molar-refractivity contribution in [1.29, 1.82) is 0 Å². The van der Waals surface area contributed by atoms with E-state index < -0.39 is 0 Å². The van der Waals surface area contributed by atoms with Crippen LogP contribution in [0.15, 0.2) is 53.0 Å². The summed E-state index contributed by atoms with van der Waals surface area (Å²) in [5.41, 5.74) is 2.58. The molecule has 3 nitrogen and oxygen atoms in total. The molecule has 0 spiro atoms. The third-order valence-electron chi connectivity index (χ3n) is 2.67. The number of halogens is 1. The Hall–Kier alpha value is -1.65. The van der Waals surface area contributed by atoms with Crippen LogP contribution in [0.5, 0.6) is 0 Å². The first-order valence-corrected chi connectivity index (χ1v) is 6.79. The van der Waals surface area contributed by atoms with Crippen molar-refractivity contribution in [3.05, 3.63) is 64.1 Å². The van der Waals surface area contributed by atoms with Crippen molar-refractivity contribution in [3.63, 3.8) is 0 Å². The van der Waals surface area contributed by atoms with Crippen LogP contribution in [0.3, 0.4) is 0 Å². The molecular formula is C15H15BrN2O. The molecule has 2 N–H and O–H groups in total. The van der Waals surface area contributed by atoms with E-state index in [-0.39, 0.29) is 5.91 Å². The highest BCUT2D eigenvalue weighted by atomic mass is 79.9. The highest BCUT2D eigenvalue weighted by Gasteiger charge is 2.05. The molecule has 0 fully saturated rings. The number of hydrogen-bond donors (Lipinski definition) is 2. The molecule has 0 heterocycles. The lowest BCUT2D eigenvalue weighted by Gasteiger charge is -2.07. The van der Waals surface area contributed by atoms with Crippen LogP contribution in [-0.4, -0.2) is 13.0 Å². The van der Waals surface area contributed by atoms with Gasteiger partial charge in [0, 0.05) is 22.3 Å². The fraction of sp³-hybridized carbons (Fsp3) is 0.133. The van der Waals surface area contributed by atoms with E-state index in [0.717, 1.165) is 22.3 Å². The molecule has 0 atom stereocenters. The summed E-state index contributed by atoms with van der Waals surface area (Å²) in [6, 6.07) is 15.1. The molecule has 98 valence electrons. The van der Waals surface area contributed by atoms with E-state index in [0.29, 0.717) is 5.56 Å². The summed E-state index contributed by atoms with van der Waals surface area (Å²) < 4.78 is 0.958. The summed E-state index contributed by atoms with van der Waals surface area (Å²) in [4.78, 5) is 12.1. The van der Waals surface area contributed by atoms with Crippen LogP contribution in [0, 0.1) is 0 Å². The van der Waals surface area contributed by atoms with Crippen LogP contribution < -0.4 is 10.6 Å². The Bertz CT molecular complexity index is 567. The van der Waals surface area contributed by atoms with Crippen molar-refractivity contribution in [2.45, 2.75) is 6.54 Å². The predicted molar refractivity (Wildman–Crippen MR) is 81.3 cm³/mol. The molecular weight excluding hydrogens is 304 g/mol. The number of rotatable bonds is 4. The average Bonchev–Trinajstić information content (AvgIpc) is 2.40. The maximum absolute atomic E-state index is 12.1. The molecule has 0 saturated carbocycles. The molecule has 0 aliphatic rings. The van der Waals surface area contributed by atoms with Gasteiger partial charge in [-0.25, -0.2) is 0 Å². The molecule has 4 heteroatoms. The second-order valence-corrected chi connectivity index (χ2v) is 5.11. The van der Waals surface area contributed by atoms with E-state index in [1.165, 1.54) is 0 Å². The third-order valence-corrected chi connectivity index (χ3v) is 3.20. The first-order valence-electron chi connectivity index (χ1n) is 5.99. The van der Waals surface area contributed by atoms with Gasteiger partial charge < -0.3 is 10.6 Å². The normalized spacial score (nSPS) is 10.2. The van der Waals surface area contributed by atoms with Gasteiger partial charge in [-0.2, -0.15) is 0 Å². The molecule has 2 aromatic rings. The molecule has 0 saturated heterocycles. The molecule has 1 amide bonds.